The Morgan fingerprint density at radius 2 is 2.21 bits per heavy atom. The molecule has 2 rings (SSSR count). The van der Waals surface area contributed by atoms with Crippen LogP contribution in [-0.4, -0.2) is 11.4 Å². The number of ketones is 1. The van der Waals surface area contributed by atoms with Gasteiger partial charge in [0.2, 0.25) is 0 Å². The van der Waals surface area contributed by atoms with E-state index in [-0.39, 0.29) is 5.60 Å². The Bertz CT molecular complexity index is 291. The average molecular weight is 194 g/mol. The summed E-state index contributed by atoms with van der Waals surface area (Å²) in [4.78, 5) is 11.6. The van der Waals surface area contributed by atoms with Crippen LogP contribution in [0.2, 0.25) is 0 Å². The van der Waals surface area contributed by atoms with Crippen molar-refractivity contribution >= 4 is 5.78 Å². The Labute approximate surface area is 85.3 Å². The normalized spacial score (nSPS) is 31.7. The van der Waals surface area contributed by atoms with Gasteiger partial charge in [-0.15, -0.1) is 0 Å². The topological polar surface area (TPSA) is 26.3 Å². The van der Waals surface area contributed by atoms with Gasteiger partial charge in [0.15, 0.2) is 5.78 Å². The first-order chi connectivity index (χ1) is 6.64. The third-order valence-electron chi connectivity index (χ3n) is 3.18. The van der Waals surface area contributed by atoms with Crippen molar-refractivity contribution < 1.29 is 9.53 Å². The van der Waals surface area contributed by atoms with Crippen LogP contribution in [0.25, 0.3) is 0 Å². The highest BCUT2D eigenvalue weighted by molar-refractivity contribution is 5.97. The number of Topliss-reactive ketones (excluding diaryl/α,β-unsaturated/α-hetero) is 1. The summed E-state index contributed by atoms with van der Waals surface area (Å²) in [6.07, 6.45) is 5.68. The first-order valence-corrected chi connectivity index (χ1v) is 5.59. The van der Waals surface area contributed by atoms with Crippen molar-refractivity contribution in [2.75, 3.05) is 0 Å². The van der Waals surface area contributed by atoms with Gasteiger partial charge in [0, 0.05) is 24.8 Å². The summed E-state index contributed by atoms with van der Waals surface area (Å²) in [5.74, 6) is 1.32. The molecule has 2 aliphatic rings. The molecule has 2 heteroatoms. The van der Waals surface area contributed by atoms with Crippen LogP contribution < -0.4 is 0 Å². The zero-order valence-electron chi connectivity index (χ0n) is 9.06. The molecule has 0 spiro atoms. The number of hydrogen-bond acceptors (Lipinski definition) is 2. The number of ether oxygens (including phenoxy) is 1. The second kappa shape index (κ2) is 3.41. The van der Waals surface area contributed by atoms with Gasteiger partial charge < -0.3 is 4.74 Å². The third kappa shape index (κ3) is 1.58. The van der Waals surface area contributed by atoms with E-state index in [0.29, 0.717) is 5.78 Å². The van der Waals surface area contributed by atoms with Crippen molar-refractivity contribution in [2.45, 2.75) is 58.0 Å². The lowest BCUT2D eigenvalue weighted by atomic mass is 9.89. The van der Waals surface area contributed by atoms with Gasteiger partial charge in [-0.1, -0.05) is 13.3 Å². The zero-order chi connectivity index (χ0) is 10.2. The van der Waals surface area contributed by atoms with E-state index in [1.165, 1.54) is 0 Å². The Morgan fingerprint density at radius 1 is 1.43 bits per heavy atom. The van der Waals surface area contributed by atoms with E-state index < -0.39 is 0 Å². The molecule has 1 heterocycles. The lowest BCUT2D eigenvalue weighted by Crippen LogP contribution is -2.23. The van der Waals surface area contributed by atoms with E-state index >= 15 is 0 Å². The highest BCUT2D eigenvalue weighted by Gasteiger charge is 2.39. The van der Waals surface area contributed by atoms with E-state index in [0.717, 1.165) is 49.9 Å². The molecule has 0 amide bonds. The number of rotatable bonds is 2. The van der Waals surface area contributed by atoms with Crippen LogP contribution in [0.4, 0.5) is 0 Å². The highest BCUT2D eigenvalue weighted by atomic mass is 16.5. The molecule has 2 nitrogen and oxygen atoms in total. The second-order valence-corrected chi connectivity index (χ2v) is 4.66. The minimum Gasteiger partial charge on any atom is -0.491 e. The van der Waals surface area contributed by atoms with Gasteiger partial charge in [0.25, 0.3) is 0 Å². The maximum absolute atomic E-state index is 11.6. The molecule has 1 unspecified atom stereocenters. The predicted molar refractivity (Wildman–Crippen MR) is 54.9 cm³/mol. The summed E-state index contributed by atoms with van der Waals surface area (Å²) >= 11 is 0. The standard InChI is InChI=1S/C12H18O2/c1-3-7-12(2)8-9-10(13)5-4-6-11(9)14-12/h3-8H2,1-2H3. The zero-order valence-corrected chi connectivity index (χ0v) is 9.06. The monoisotopic (exact) mass is 194 g/mol. The Morgan fingerprint density at radius 3 is 2.86 bits per heavy atom. The summed E-state index contributed by atoms with van der Waals surface area (Å²) in [5.41, 5.74) is 0.909. The SMILES string of the molecule is CCCC1(C)CC2=C(CCCC2=O)O1. The molecule has 0 aromatic carbocycles. The summed E-state index contributed by atoms with van der Waals surface area (Å²) < 4.78 is 5.92. The predicted octanol–water partition coefficient (Wildman–Crippen LogP) is 2.97. The molecule has 1 aliphatic carbocycles. The van der Waals surface area contributed by atoms with Gasteiger partial charge in [-0.25, -0.2) is 0 Å². The Hall–Kier alpha value is -0.790. The molecule has 0 fully saturated rings. The smallest absolute Gasteiger partial charge is 0.162 e. The molecule has 0 aromatic rings. The lowest BCUT2D eigenvalue weighted by molar-refractivity contribution is -0.116. The van der Waals surface area contributed by atoms with E-state index in [1.807, 2.05) is 0 Å². The summed E-state index contributed by atoms with van der Waals surface area (Å²) in [6, 6.07) is 0. The molecular weight excluding hydrogens is 176 g/mol. The van der Waals surface area contributed by atoms with Crippen molar-refractivity contribution in [3.05, 3.63) is 11.3 Å². The number of carbonyl (C=O) groups is 1. The molecule has 0 aromatic heterocycles. The molecule has 1 aliphatic heterocycles. The van der Waals surface area contributed by atoms with Crippen molar-refractivity contribution in [3.8, 4) is 0 Å². The van der Waals surface area contributed by atoms with Crippen LogP contribution >= 0.6 is 0 Å². The molecule has 78 valence electrons. The minimum absolute atomic E-state index is 0.0839. The van der Waals surface area contributed by atoms with Crippen LogP contribution in [0, 0.1) is 0 Å². The largest absolute Gasteiger partial charge is 0.491 e. The Kier molecular flexibility index (Phi) is 2.38. The van der Waals surface area contributed by atoms with Crippen molar-refractivity contribution in [3.63, 3.8) is 0 Å². The van der Waals surface area contributed by atoms with Crippen LogP contribution in [-0.2, 0) is 9.53 Å². The van der Waals surface area contributed by atoms with Gasteiger partial charge in [-0.2, -0.15) is 0 Å². The molecule has 0 N–H and O–H groups in total. The highest BCUT2D eigenvalue weighted by Crippen LogP contribution is 2.41. The quantitative estimate of drug-likeness (QED) is 0.675. The average Bonchev–Trinajstić information content (AvgIpc) is 2.44. The van der Waals surface area contributed by atoms with Crippen LogP contribution in [0.3, 0.4) is 0 Å². The summed E-state index contributed by atoms with van der Waals surface area (Å²) in [7, 11) is 0. The fraction of sp³-hybridized carbons (Fsp3) is 0.750. The van der Waals surface area contributed by atoms with Gasteiger partial charge in [-0.05, 0) is 19.8 Å². The molecule has 0 saturated carbocycles. The van der Waals surface area contributed by atoms with Gasteiger partial charge >= 0.3 is 0 Å². The maximum atomic E-state index is 11.6. The second-order valence-electron chi connectivity index (χ2n) is 4.66. The van der Waals surface area contributed by atoms with Crippen molar-refractivity contribution in [1.82, 2.24) is 0 Å². The molecule has 0 saturated heterocycles. The van der Waals surface area contributed by atoms with Crippen LogP contribution in [0.15, 0.2) is 11.3 Å². The maximum Gasteiger partial charge on any atom is 0.162 e. The molecule has 0 bridgehead atoms. The van der Waals surface area contributed by atoms with Crippen LogP contribution in [0.1, 0.15) is 52.4 Å². The number of hydrogen-bond donors (Lipinski definition) is 0. The molecular formula is C12H18O2. The first-order valence-electron chi connectivity index (χ1n) is 5.59. The third-order valence-corrected chi connectivity index (χ3v) is 3.18. The van der Waals surface area contributed by atoms with E-state index in [2.05, 4.69) is 13.8 Å². The molecule has 1 atom stereocenters. The van der Waals surface area contributed by atoms with E-state index in [1.54, 1.807) is 0 Å². The van der Waals surface area contributed by atoms with Crippen molar-refractivity contribution in [2.24, 2.45) is 0 Å². The van der Waals surface area contributed by atoms with Crippen molar-refractivity contribution in [1.29, 1.82) is 0 Å². The summed E-state index contributed by atoms with van der Waals surface area (Å²) in [5, 5.41) is 0. The first kappa shape index (κ1) is 9.75. The van der Waals surface area contributed by atoms with Gasteiger partial charge in [0.1, 0.15) is 11.4 Å². The molecule has 14 heavy (non-hydrogen) atoms. The van der Waals surface area contributed by atoms with E-state index in [9.17, 15) is 4.79 Å². The Balaban J connectivity index is 2.14. The van der Waals surface area contributed by atoms with Gasteiger partial charge in [0.05, 0.1) is 0 Å². The fourth-order valence-corrected chi connectivity index (χ4v) is 2.55. The number of carbonyl (C=O) groups excluding carboxylic acids is 1. The fourth-order valence-electron chi connectivity index (χ4n) is 2.55. The van der Waals surface area contributed by atoms with E-state index in [4.69, 9.17) is 4.74 Å². The lowest BCUT2D eigenvalue weighted by Gasteiger charge is -2.24. The number of allylic oxidation sites excluding steroid dienone is 1. The molecule has 0 radical (unpaired) electrons. The van der Waals surface area contributed by atoms with Crippen LogP contribution in [0.5, 0.6) is 0 Å². The minimum atomic E-state index is -0.0839. The summed E-state index contributed by atoms with van der Waals surface area (Å²) in [6.45, 7) is 4.29. The van der Waals surface area contributed by atoms with Gasteiger partial charge in [-0.3, -0.25) is 4.79 Å².